The summed E-state index contributed by atoms with van der Waals surface area (Å²) >= 11 is 0. The second-order valence-electron chi connectivity index (χ2n) is 3.25. The Kier molecular flexibility index (Phi) is 3.89. The third kappa shape index (κ3) is 3.14. The fraction of sp³-hybridized carbons (Fsp3) is 0.778. The van der Waals surface area contributed by atoms with Crippen molar-refractivity contribution in [3.63, 3.8) is 0 Å². The van der Waals surface area contributed by atoms with Crippen LogP contribution in [0.2, 0.25) is 0 Å². The monoisotopic (exact) mass is 185 g/mol. The van der Waals surface area contributed by atoms with E-state index in [1.54, 1.807) is 4.90 Å². The van der Waals surface area contributed by atoms with Crippen molar-refractivity contribution in [3.05, 3.63) is 0 Å². The molecule has 1 amide bonds. The number of Topliss-reactive ketones (excluding diaryl/α,β-unsaturated/α-hetero) is 1. The van der Waals surface area contributed by atoms with Gasteiger partial charge >= 0.3 is 0 Å². The molecule has 13 heavy (non-hydrogen) atoms. The van der Waals surface area contributed by atoms with Gasteiger partial charge in [0.25, 0.3) is 0 Å². The maximum atomic E-state index is 11.4. The Bertz CT molecular complexity index is 193. The summed E-state index contributed by atoms with van der Waals surface area (Å²) in [7, 11) is 0. The van der Waals surface area contributed by atoms with Crippen molar-refractivity contribution in [3.8, 4) is 0 Å². The first-order valence-electron chi connectivity index (χ1n) is 4.64. The van der Waals surface area contributed by atoms with Crippen molar-refractivity contribution in [2.24, 2.45) is 0 Å². The van der Waals surface area contributed by atoms with Crippen LogP contribution in [0, 0.1) is 0 Å². The number of rotatable bonds is 3. The van der Waals surface area contributed by atoms with Crippen LogP contribution >= 0.6 is 0 Å². The normalized spacial score (nSPS) is 17.6. The van der Waals surface area contributed by atoms with Crippen LogP contribution < -0.4 is 0 Å². The van der Waals surface area contributed by atoms with E-state index in [0.29, 0.717) is 38.8 Å². The van der Waals surface area contributed by atoms with Gasteiger partial charge in [-0.05, 0) is 6.42 Å². The van der Waals surface area contributed by atoms with E-state index < -0.39 is 0 Å². The highest BCUT2D eigenvalue weighted by Gasteiger charge is 2.19. The van der Waals surface area contributed by atoms with Gasteiger partial charge in [0.1, 0.15) is 5.78 Å². The Hall–Kier alpha value is -0.900. The number of nitrogens with zero attached hydrogens (tertiary/aromatic N) is 1. The highest BCUT2D eigenvalue weighted by Crippen LogP contribution is 2.07. The number of carbonyl (C=O) groups excluding carboxylic acids is 2. The van der Waals surface area contributed by atoms with E-state index in [0.717, 1.165) is 0 Å². The molecule has 1 saturated heterocycles. The topological polar surface area (TPSA) is 57.6 Å². The minimum absolute atomic E-state index is 0.0541. The quantitative estimate of drug-likeness (QED) is 0.670. The van der Waals surface area contributed by atoms with Crippen molar-refractivity contribution < 1.29 is 14.7 Å². The van der Waals surface area contributed by atoms with Gasteiger partial charge in [0.2, 0.25) is 5.91 Å². The van der Waals surface area contributed by atoms with Crippen LogP contribution in [0.25, 0.3) is 0 Å². The molecule has 0 radical (unpaired) electrons. The maximum Gasteiger partial charge on any atom is 0.222 e. The standard InChI is InChI=1S/C9H15NO3/c11-7-1-2-9(13)10-5-3-8(12)4-6-10/h11H,1-7H2. The van der Waals surface area contributed by atoms with Gasteiger partial charge < -0.3 is 10.0 Å². The zero-order valence-corrected chi connectivity index (χ0v) is 7.66. The summed E-state index contributed by atoms with van der Waals surface area (Å²) in [4.78, 5) is 23.9. The number of hydrogen-bond donors (Lipinski definition) is 1. The van der Waals surface area contributed by atoms with Crippen LogP contribution in [0.5, 0.6) is 0 Å². The predicted octanol–water partition coefficient (Wildman–Crippen LogP) is -0.0496. The maximum absolute atomic E-state index is 11.4. The third-order valence-corrected chi connectivity index (χ3v) is 2.22. The lowest BCUT2D eigenvalue weighted by Crippen LogP contribution is -2.38. The second-order valence-corrected chi connectivity index (χ2v) is 3.25. The van der Waals surface area contributed by atoms with Crippen LogP contribution in [0.4, 0.5) is 0 Å². The van der Waals surface area contributed by atoms with Crippen molar-refractivity contribution >= 4 is 11.7 Å². The summed E-state index contributed by atoms with van der Waals surface area (Å²) in [5.74, 6) is 0.299. The van der Waals surface area contributed by atoms with Crippen molar-refractivity contribution in [2.75, 3.05) is 19.7 Å². The average molecular weight is 185 g/mol. The number of aliphatic hydroxyl groups excluding tert-OH is 1. The summed E-state index contributed by atoms with van der Waals surface area (Å²) < 4.78 is 0. The molecule has 1 rings (SSSR count). The smallest absolute Gasteiger partial charge is 0.222 e. The highest BCUT2D eigenvalue weighted by molar-refractivity contribution is 5.83. The highest BCUT2D eigenvalue weighted by atomic mass is 16.3. The minimum Gasteiger partial charge on any atom is -0.396 e. The van der Waals surface area contributed by atoms with E-state index in [1.807, 2.05) is 0 Å². The Morgan fingerprint density at radius 1 is 1.38 bits per heavy atom. The molecule has 0 aliphatic carbocycles. The first-order chi connectivity index (χ1) is 6.24. The molecule has 0 aromatic carbocycles. The summed E-state index contributed by atoms with van der Waals surface area (Å²) in [6.07, 6.45) is 1.89. The number of amides is 1. The van der Waals surface area contributed by atoms with E-state index >= 15 is 0 Å². The largest absolute Gasteiger partial charge is 0.396 e. The molecule has 1 fully saturated rings. The predicted molar refractivity (Wildman–Crippen MR) is 47.1 cm³/mol. The SMILES string of the molecule is O=C1CCN(C(=O)CCCO)CC1. The summed E-state index contributed by atoms with van der Waals surface area (Å²) in [6.45, 7) is 1.17. The number of aliphatic hydroxyl groups is 1. The lowest BCUT2D eigenvalue weighted by atomic mass is 10.1. The van der Waals surface area contributed by atoms with Crippen LogP contribution in [0.15, 0.2) is 0 Å². The van der Waals surface area contributed by atoms with Crippen molar-refractivity contribution in [1.29, 1.82) is 0 Å². The molecule has 0 atom stereocenters. The lowest BCUT2D eigenvalue weighted by Gasteiger charge is -2.25. The van der Waals surface area contributed by atoms with E-state index in [4.69, 9.17) is 5.11 Å². The Labute approximate surface area is 77.5 Å². The molecule has 0 saturated carbocycles. The van der Waals surface area contributed by atoms with Gasteiger partial charge in [-0.25, -0.2) is 0 Å². The first kappa shape index (κ1) is 10.2. The van der Waals surface area contributed by atoms with Crippen LogP contribution in [-0.2, 0) is 9.59 Å². The van der Waals surface area contributed by atoms with Gasteiger partial charge in [-0.3, -0.25) is 9.59 Å². The Morgan fingerprint density at radius 3 is 2.54 bits per heavy atom. The molecular weight excluding hydrogens is 170 g/mol. The Balaban J connectivity index is 2.27. The van der Waals surface area contributed by atoms with Gasteiger partial charge in [0.05, 0.1) is 0 Å². The minimum atomic E-state index is 0.0541. The summed E-state index contributed by atoms with van der Waals surface area (Å²) in [6, 6.07) is 0. The molecule has 4 heteroatoms. The molecule has 1 N–H and O–H groups in total. The van der Waals surface area contributed by atoms with Gasteiger partial charge in [-0.15, -0.1) is 0 Å². The second kappa shape index (κ2) is 4.97. The van der Waals surface area contributed by atoms with Crippen LogP contribution in [0.1, 0.15) is 25.7 Å². The molecule has 0 spiro atoms. The number of likely N-dealkylation sites (tertiary alicyclic amines) is 1. The third-order valence-electron chi connectivity index (χ3n) is 2.22. The molecule has 74 valence electrons. The van der Waals surface area contributed by atoms with Gasteiger partial charge in [-0.1, -0.05) is 0 Å². The molecule has 0 bridgehead atoms. The fourth-order valence-corrected chi connectivity index (χ4v) is 1.39. The molecule has 0 aromatic rings. The average Bonchev–Trinajstić information content (AvgIpc) is 2.15. The van der Waals surface area contributed by atoms with Crippen LogP contribution in [0.3, 0.4) is 0 Å². The van der Waals surface area contributed by atoms with Crippen LogP contribution in [-0.4, -0.2) is 41.4 Å². The molecule has 4 nitrogen and oxygen atoms in total. The summed E-state index contributed by atoms with van der Waals surface area (Å²) in [5, 5.41) is 8.53. The molecule has 1 aliphatic rings. The summed E-state index contributed by atoms with van der Waals surface area (Å²) in [5.41, 5.74) is 0. The lowest BCUT2D eigenvalue weighted by molar-refractivity contribution is -0.134. The first-order valence-corrected chi connectivity index (χ1v) is 4.64. The van der Waals surface area contributed by atoms with Crippen molar-refractivity contribution in [2.45, 2.75) is 25.7 Å². The molecular formula is C9H15NO3. The van der Waals surface area contributed by atoms with Gasteiger partial charge in [0.15, 0.2) is 0 Å². The molecule has 1 aliphatic heterocycles. The van der Waals surface area contributed by atoms with E-state index in [1.165, 1.54) is 0 Å². The zero-order valence-electron chi connectivity index (χ0n) is 7.66. The zero-order chi connectivity index (χ0) is 9.68. The van der Waals surface area contributed by atoms with E-state index in [2.05, 4.69) is 0 Å². The van der Waals surface area contributed by atoms with E-state index in [9.17, 15) is 9.59 Å². The number of carbonyl (C=O) groups is 2. The Morgan fingerprint density at radius 2 is 2.00 bits per heavy atom. The molecule has 0 aromatic heterocycles. The number of ketones is 1. The molecule has 1 heterocycles. The van der Waals surface area contributed by atoms with Crippen molar-refractivity contribution in [1.82, 2.24) is 4.90 Å². The number of piperidine rings is 1. The van der Waals surface area contributed by atoms with Gasteiger partial charge in [0, 0.05) is 39.0 Å². The fourth-order valence-electron chi connectivity index (χ4n) is 1.39. The number of hydrogen-bond acceptors (Lipinski definition) is 3. The van der Waals surface area contributed by atoms with Gasteiger partial charge in [-0.2, -0.15) is 0 Å². The van der Waals surface area contributed by atoms with E-state index in [-0.39, 0.29) is 18.3 Å². The molecule has 0 unspecified atom stereocenters.